The second-order valence-electron chi connectivity index (χ2n) is 3.40. The lowest BCUT2D eigenvalue weighted by Gasteiger charge is -2.04. The fourth-order valence-electron chi connectivity index (χ4n) is 1.53. The molecular formula is C11H11ClN2O. The van der Waals surface area contributed by atoms with E-state index in [0.717, 1.165) is 6.42 Å². The van der Waals surface area contributed by atoms with E-state index < -0.39 is 0 Å². The number of hydrogen-bond acceptors (Lipinski definition) is 2. The van der Waals surface area contributed by atoms with Crippen molar-refractivity contribution in [3.05, 3.63) is 39.9 Å². The van der Waals surface area contributed by atoms with E-state index in [-0.39, 0.29) is 5.56 Å². The Morgan fingerprint density at radius 2 is 2.27 bits per heavy atom. The van der Waals surface area contributed by atoms with Gasteiger partial charge in [0.1, 0.15) is 0 Å². The maximum absolute atomic E-state index is 11.9. The number of aryl methyl sites for hydroxylation is 1. The van der Waals surface area contributed by atoms with Crippen LogP contribution in [0.3, 0.4) is 0 Å². The quantitative estimate of drug-likeness (QED) is 0.783. The van der Waals surface area contributed by atoms with Gasteiger partial charge in [0.05, 0.1) is 17.2 Å². The summed E-state index contributed by atoms with van der Waals surface area (Å²) < 4.78 is 1.62. The van der Waals surface area contributed by atoms with Gasteiger partial charge in [-0.3, -0.25) is 9.36 Å². The molecule has 0 aliphatic heterocycles. The van der Waals surface area contributed by atoms with Crippen molar-refractivity contribution in [1.29, 1.82) is 0 Å². The Labute approximate surface area is 92.3 Å². The zero-order chi connectivity index (χ0) is 10.8. The smallest absolute Gasteiger partial charge is 0.261 e. The van der Waals surface area contributed by atoms with Crippen LogP contribution in [0.15, 0.2) is 29.3 Å². The molecule has 0 atom stereocenters. The highest BCUT2D eigenvalue weighted by Crippen LogP contribution is 2.13. The first-order valence-electron chi connectivity index (χ1n) is 4.87. The van der Waals surface area contributed by atoms with E-state index in [4.69, 9.17) is 11.6 Å². The van der Waals surface area contributed by atoms with Crippen LogP contribution in [-0.4, -0.2) is 9.55 Å². The van der Waals surface area contributed by atoms with Crippen LogP contribution in [0, 0.1) is 0 Å². The highest BCUT2D eigenvalue weighted by atomic mass is 35.5. The highest BCUT2D eigenvalue weighted by molar-refractivity contribution is 6.31. The van der Waals surface area contributed by atoms with Crippen molar-refractivity contribution in [2.75, 3.05) is 0 Å². The summed E-state index contributed by atoms with van der Waals surface area (Å²) in [6.45, 7) is 2.73. The van der Waals surface area contributed by atoms with Crippen molar-refractivity contribution in [2.45, 2.75) is 19.9 Å². The van der Waals surface area contributed by atoms with Crippen LogP contribution in [0.5, 0.6) is 0 Å². The molecular weight excluding hydrogens is 212 g/mol. The van der Waals surface area contributed by atoms with Crippen molar-refractivity contribution in [1.82, 2.24) is 9.55 Å². The van der Waals surface area contributed by atoms with Gasteiger partial charge < -0.3 is 0 Å². The maximum atomic E-state index is 11.9. The van der Waals surface area contributed by atoms with Crippen LogP contribution in [0.4, 0.5) is 0 Å². The Kier molecular flexibility index (Phi) is 2.73. The zero-order valence-electron chi connectivity index (χ0n) is 8.40. The third-order valence-electron chi connectivity index (χ3n) is 2.25. The average Bonchev–Trinajstić information content (AvgIpc) is 2.22. The predicted molar refractivity (Wildman–Crippen MR) is 61.3 cm³/mol. The molecule has 0 fully saturated rings. The van der Waals surface area contributed by atoms with E-state index in [1.54, 1.807) is 29.1 Å². The molecule has 0 N–H and O–H groups in total. The number of hydrogen-bond donors (Lipinski definition) is 0. The first kappa shape index (κ1) is 10.2. The number of nitrogens with zero attached hydrogens (tertiary/aromatic N) is 2. The molecule has 0 spiro atoms. The van der Waals surface area contributed by atoms with Crippen molar-refractivity contribution < 1.29 is 0 Å². The standard InChI is InChI=1S/C11H11ClN2O/c1-2-5-14-7-13-10-6-8(12)3-4-9(10)11(14)15/h3-4,6-7H,2,5H2,1H3. The molecule has 3 nitrogen and oxygen atoms in total. The third-order valence-corrected chi connectivity index (χ3v) is 2.49. The molecule has 1 aromatic carbocycles. The third kappa shape index (κ3) is 1.88. The Bertz CT molecular complexity index is 548. The van der Waals surface area contributed by atoms with Gasteiger partial charge in [-0.2, -0.15) is 0 Å². The van der Waals surface area contributed by atoms with Gasteiger partial charge in [0, 0.05) is 11.6 Å². The maximum Gasteiger partial charge on any atom is 0.261 e. The summed E-state index contributed by atoms with van der Waals surface area (Å²) in [7, 11) is 0. The van der Waals surface area contributed by atoms with Crippen LogP contribution in [0.25, 0.3) is 10.9 Å². The summed E-state index contributed by atoms with van der Waals surface area (Å²) in [5.41, 5.74) is 0.651. The Morgan fingerprint density at radius 3 is 3.00 bits per heavy atom. The van der Waals surface area contributed by atoms with Gasteiger partial charge in [0.15, 0.2) is 0 Å². The number of halogens is 1. The van der Waals surface area contributed by atoms with Gasteiger partial charge >= 0.3 is 0 Å². The molecule has 0 unspecified atom stereocenters. The SMILES string of the molecule is CCCn1cnc2cc(Cl)ccc2c1=O. The minimum atomic E-state index is -0.00137. The molecule has 0 aliphatic rings. The summed E-state index contributed by atoms with van der Waals surface area (Å²) in [4.78, 5) is 16.1. The van der Waals surface area contributed by atoms with Crippen molar-refractivity contribution in [2.24, 2.45) is 0 Å². The lowest BCUT2D eigenvalue weighted by molar-refractivity contribution is 0.648. The first-order valence-corrected chi connectivity index (χ1v) is 5.25. The van der Waals surface area contributed by atoms with Crippen molar-refractivity contribution in [3.63, 3.8) is 0 Å². The Morgan fingerprint density at radius 1 is 1.47 bits per heavy atom. The molecule has 0 amide bonds. The average molecular weight is 223 g/mol. The molecule has 0 saturated heterocycles. The number of benzene rings is 1. The van der Waals surface area contributed by atoms with E-state index in [0.29, 0.717) is 22.5 Å². The monoisotopic (exact) mass is 222 g/mol. The van der Waals surface area contributed by atoms with Gasteiger partial charge in [0.25, 0.3) is 5.56 Å². The Balaban J connectivity index is 2.69. The molecule has 0 bridgehead atoms. The molecule has 4 heteroatoms. The fraction of sp³-hybridized carbons (Fsp3) is 0.273. The first-order chi connectivity index (χ1) is 7.22. The molecule has 1 aromatic heterocycles. The lowest BCUT2D eigenvalue weighted by atomic mass is 10.2. The minimum Gasteiger partial charge on any atom is -0.299 e. The summed E-state index contributed by atoms with van der Waals surface area (Å²) >= 11 is 5.82. The van der Waals surface area contributed by atoms with Crippen molar-refractivity contribution >= 4 is 22.5 Å². The molecule has 0 saturated carbocycles. The number of aromatic nitrogens is 2. The molecule has 0 radical (unpaired) electrons. The second-order valence-corrected chi connectivity index (χ2v) is 3.84. The highest BCUT2D eigenvalue weighted by Gasteiger charge is 2.03. The van der Waals surface area contributed by atoms with Crippen molar-refractivity contribution in [3.8, 4) is 0 Å². The van der Waals surface area contributed by atoms with Crippen LogP contribution in [0.1, 0.15) is 13.3 Å². The summed E-state index contributed by atoms with van der Waals surface area (Å²) in [5.74, 6) is 0. The van der Waals surface area contributed by atoms with Crippen LogP contribution in [-0.2, 0) is 6.54 Å². The van der Waals surface area contributed by atoms with Gasteiger partial charge in [-0.1, -0.05) is 18.5 Å². The number of rotatable bonds is 2. The molecule has 0 aliphatic carbocycles. The van der Waals surface area contributed by atoms with E-state index in [1.165, 1.54) is 0 Å². The molecule has 2 rings (SSSR count). The van der Waals surface area contributed by atoms with E-state index in [2.05, 4.69) is 4.98 Å². The van der Waals surface area contributed by atoms with Gasteiger partial charge in [-0.05, 0) is 24.6 Å². The lowest BCUT2D eigenvalue weighted by Crippen LogP contribution is -2.20. The predicted octanol–water partition coefficient (Wildman–Crippen LogP) is 2.46. The number of fused-ring (bicyclic) bond motifs is 1. The van der Waals surface area contributed by atoms with Crippen LogP contribution < -0.4 is 5.56 Å². The van der Waals surface area contributed by atoms with E-state index in [9.17, 15) is 4.79 Å². The molecule has 78 valence electrons. The topological polar surface area (TPSA) is 34.9 Å². The fourth-order valence-corrected chi connectivity index (χ4v) is 1.70. The van der Waals surface area contributed by atoms with E-state index >= 15 is 0 Å². The summed E-state index contributed by atoms with van der Waals surface area (Å²) in [6, 6.07) is 5.14. The van der Waals surface area contributed by atoms with Crippen LogP contribution >= 0.6 is 11.6 Å². The normalized spacial score (nSPS) is 10.8. The second kappa shape index (κ2) is 4.03. The molecule has 15 heavy (non-hydrogen) atoms. The van der Waals surface area contributed by atoms with Gasteiger partial charge in [-0.25, -0.2) is 4.98 Å². The van der Waals surface area contributed by atoms with E-state index in [1.807, 2.05) is 6.92 Å². The summed E-state index contributed by atoms with van der Waals surface area (Å²) in [6.07, 6.45) is 2.49. The van der Waals surface area contributed by atoms with Gasteiger partial charge in [-0.15, -0.1) is 0 Å². The summed E-state index contributed by atoms with van der Waals surface area (Å²) in [5, 5.41) is 1.22. The largest absolute Gasteiger partial charge is 0.299 e. The minimum absolute atomic E-state index is 0.00137. The Hall–Kier alpha value is -1.35. The zero-order valence-corrected chi connectivity index (χ0v) is 9.16. The molecule has 1 heterocycles. The van der Waals surface area contributed by atoms with Gasteiger partial charge in [0.2, 0.25) is 0 Å². The van der Waals surface area contributed by atoms with Crippen LogP contribution in [0.2, 0.25) is 5.02 Å². The molecule has 2 aromatic rings.